The number of nitrogens with one attached hydrogen (secondary N) is 1. The minimum absolute atomic E-state index is 0.0194. The number of hydrogen-bond acceptors (Lipinski definition) is 4. The van der Waals surface area contributed by atoms with Gasteiger partial charge in [0.15, 0.2) is 0 Å². The number of rotatable bonds is 7. The van der Waals surface area contributed by atoms with Gasteiger partial charge in [-0.25, -0.2) is 4.79 Å². The summed E-state index contributed by atoms with van der Waals surface area (Å²) < 4.78 is 4.44. The van der Waals surface area contributed by atoms with Crippen molar-refractivity contribution in [3.8, 4) is 0 Å². The Labute approximate surface area is 129 Å². The molecule has 6 heteroatoms. The van der Waals surface area contributed by atoms with Crippen LogP contribution in [0.2, 0.25) is 0 Å². The first kappa shape index (κ1) is 17.4. The highest BCUT2D eigenvalue weighted by Gasteiger charge is 2.13. The third-order valence-corrected chi connectivity index (χ3v) is 2.84. The Kier molecular flexibility index (Phi) is 7.39. The van der Waals surface area contributed by atoms with Crippen LogP contribution in [0, 0.1) is 0 Å². The Bertz CT molecular complexity index is 540. The molecule has 0 saturated heterocycles. The smallest absolute Gasteiger partial charge is 0.330 e. The average molecular weight is 304 g/mol. The molecule has 0 bridgehead atoms. The molecule has 0 aliphatic rings. The van der Waals surface area contributed by atoms with Crippen molar-refractivity contribution in [3.05, 3.63) is 48.0 Å². The molecular formula is C16H20N2O4. The van der Waals surface area contributed by atoms with Crippen molar-refractivity contribution in [3.63, 3.8) is 0 Å². The van der Waals surface area contributed by atoms with E-state index in [2.05, 4.69) is 10.1 Å². The number of ether oxygens (including phenoxy) is 1. The lowest BCUT2D eigenvalue weighted by atomic mass is 10.2. The van der Waals surface area contributed by atoms with Gasteiger partial charge in [-0.15, -0.1) is 0 Å². The van der Waals surface area contributed by atoms with Crippen LogP contribution in [0.15, 0.2) is 42.5 Å². The molecule has 0 atom stereocenters. The number of benzene rings is 1. The maximum absolute atomic E-state index is 12.0. The third kappa shape index (κ3) is 6.21. The van der Waals surface area contributed by atoms with Crippen LogP contribution in [0.25, 0.3) is 0 Å². The van der Waals surface area contributed by atoms with Crippen molar-refractivity contribution in [2.45, 2.75) is 6.42 Å². The summed E-state index contributed by atoms with van der Waals surface area (Å²) in [5, 5.41) is 2.68. The second-order valence-electron chi connectivity index (χ2n) is 4.59. The molecule has 0 unspecified atom stereocenters. The lowest BCUT2D eigenvalue weighted by Crippen LogP contribution is -2.38. The van der Waals surface area contributed by atoms with Crippen molar-refractivity contribution in [1.29, 1.82) is 0 Å². The molecule has 0 spiro atoms. The molecule has 22 heavy (non-hydrogen) atoms. The van der Waals surface area contributed by atoms with Crippen LogP contribution in [-0.2, 0) is 14.3 Å². The number of esters is 1. The van der Waals surface area contributed by atoms with Gasteiger partial charge in [-0.1, -0.05) is 24.3 Å². The number of carbonyl (C=O) groups is 3. The van der Waals surface area contributed by atoms with Crippen LogP contribution in [0.3, 0.4) is 0 Å². The molecule has 2 amide bonds. The maximum Gasteiger partial charge on any atom is 0.330 e. The summed E-state index contributed by atoms with van der Waals surface area (Å²) in [5.74, 6) is -0.890. The van der Waals surface area contributed by atoms with Gasteiger partial charge in [0.25, 0.3) is 5.91 Å². The topological polar surface area (TPSA) is 75.7 Å². The van der Waals surface area contributed by atoms with E-state index in [0.717, 1.165) is 0 Å². The second kappa shape index (κ2) is 9.33. The fraction of sp³-hybridized carbons (Fsp3) is 0.312. The Hall–Kier alpha value is -2.63. The minimum atomic E-state index is -0.431. The molecule has 0 saturated carbocycles. The quantitative estimate of drug-likeness (QED) is 0.463. The zero-order valence-corrected chi connectivity index (χ0v) is 12.7. The number of carbonyl (C=O) groups excluding carboxylic acids is 3. The predicted molar refractivity (Wildman–Crippen MR) is 82.2 cm³/mol. The summed E-state index contributed by atoms with van der Waals surface area (Å²) in [4.78, 5) is 35.9. The lowest BCUT2D eigenvalue weighted by Gasteiger charge is -2.16. The van der Waals surface area contributed by atoms with E-state index in [4.69, 9.17) is 0 Å². The first-order valence-corrected chi connectivity index (χ1v) is 6.86. The van der Waals surface area contributed by atoms with Crippen LogP contribution in [0.1, 0.15) is 16.8 Å². The second-order valence-corrected chi connectivity index (χ2v) is 4.59. The van der Waals surface area contributed by atoms with Gasteiger partial charge in [0.05, 0.1) is 13.7 Å². The highest BCUT2D eigenvalue weighted by atomic mass is 16.5. The Balaban J connectivity index is 2.31. The number of nitrogens with zero attached hydrogens (tertiary/aromatic N) is 1. The van der Waals surface area contributed by atoms with Crippen molar-refractivity contribution < 1.29 is 19.1 Å². The molecule has 1 aromatic carbocycles. The van der Waals surface area contributed by atoms with E-state index in [1.165, 1.54) is 18.1 Å². The molecule has 1 N–H and O–H groups in total. The molecule has 0 aliphatic heterocycles. The lowest BCUT2D eigenvalue weighted by molar-refractivity contribution is -0.134. The standard InChI is InChI=1S/C16H20N2O4/c1-18(16(21)13-8-4-3-5-9-13)12-14(19)17-11-7-6-10-15(20)22-2/h3-6,8-10H,7,11-12H2,1-2H3,(H,17,19)/b10-6+. The van der Waals surface area contributed by atoms with Gasteiger partial charge < -0.3 is 15.0 Å². The minimum Gasteiger partial charge on any atom is -0.466 e. The third-order valence-electron chi connectivity index (χ3n) is 2.84. The summed E-state index contributed by atoms with van der Waals surface area (Å²) in [6.07, 6.45) is 3.43. The molecule has 0 heterocycles. The van der Waals surface area contributed by atoms with Gasteiger partial charge in [0.2, 0.25) is 5.91 Å². The molecule has 1 aromatic rings. The normalized spacial score (nSPS) is 10.3. The van der Waals surface area contributed by atoms with E-state index in [1.807, 2.05) is 6.07 Å². The fourth-order valence-electron chi connectivity index (χ4n) is 1.69. The Morgan fingerprint density at radius 1 is 1.23 bits per heavy atom. The Morgan fingerprint density at radius 2 is 1.91 bits per heavy atom. The van der Waals surface area contributed by atoms with Gasteiger partial charge >= 0.3 is 5.97 Å². The summed E-state index contributed by atoms with van der Waals surface area (Å²) in [7, 11) is 2.88. The first-order chi connectivity index (χ1) is 10.5. The zero-order chi connectivity index (χ0) is 16.4. The van der Waals surface area contributed by atoms with Crippen LogP contribution < -0.4 is 5.32 Å². The molecule has 1 rings (SSSR count). The molecule has 0 aromatic heterocycles. The average Bonchev–Trinajstić information content (AvgIpc) is 2.54. The first-order valence-electron chi connectivity index (χ1n) is 6.86. The van der Waals surface area contributed by atoms with Gasteiger partial charge in [0.1, 0.15) is 0 Å². The number of amides is 2. The maximum atomic E-state index is 12.0. The summed E-state index contributed by atoms with van der Waals surface area (Å²) >= 11 is 0. The Morgan fingerprint density at radius 3 is 2.55 bits per heavy atom. The van der Waals surface area contributed by atoms with Crippen LogP contribution in [0.5, 0.6) is 0 Å². The van der Waals surface area contributed by atoms with E-state index in [9.17, 15) is 14.4 Å². The van der Waals surface area contributed by atoms with E-state index in [-0.39, 0.29) is 18.4 Å². The molecule has 0 radical (unpaired) electrons. The van der Waals surface area contributed by atoms with Gasteiger partial charge in [-0.2, -0.15) is 0 Å². The van der Waals surface area contributed by atoms with Crippen LogP contribution >= 0.6 is 0 Å². The highest BCUT2D eigenvalue weighted by Crippen LogP contribution is 2.02. The highest BCUT2D eigenvalue weighted by molar-refractivity contribution is 5.96. The van der Waals surface area contributed by atoms with Crippen molar-refractivity contribution in [1.82, 2.24) is 10.2 Å². The zero-order valence-electron chi connectivity index (χ0n) is 12.7. The van der Waals surface area contributed by atoms with Crippen molar-refractivity contribution in [2.24, 2.45) is 0 Å². The number of hydrogen-bond donors (Lipinski definition) is 1. The summed E-state index contributed by atoms with van der Waals surface area (Å²) in [6, 6.07) is 8.78. The SMILES string of the molecule is COC(=O)/C=C/CCNC(=O)CN(C)C(=O)c1ccccc1. The van der Waals surface area contributed by atoms with E-state index < -0.39 is 5.97 Å². The molecule has 118 valence electrons. The predicted octanol–water partition coefficient (Wildman–Crippen LogP) is 0.994. The van der Waals surface area contributed by atoms with Gasteiger partial charge in [-0.05, 0) is 18.6 Å². The van der Waals surface area contributed by atoms with Gasteiger partial charge in [0, 0.05) is 25.2 Å². The van der Waals surface area contributed by atoms with E-state index in [0.29, 0.717) is 18.5 Å². The number of likely N-dealkylation sites (N-methyl/N-ethyl adjacent to an activating group) is 1. The van der Waals surface area contributed by atoms with Crippen LogP contribution in [0.4, 0.5) is 0 Å². The van der Waals surface area contributed by atoms with Crippen molar-refractivity contribution >= 4 is 17.8 Å². The molecule has 0 aliphatic carbocycles. The summed E-state index contributed by atoms with van der Waals surface area (Å²) in [5.41, 5.74) is 0.541. The molecule has 0 fully saturated rings. The monoisotopic (exact) mass is 304 g/mol. The van der Waals surface area contributed by atoms with Gasteiger partial charge in [-0.3, -0.25) is 9.59 Å². The largest absolute Gasteiger partial charge is 0.466 e. The van der Waals surface area contributed by atoms with E-state index >= 15 is 0 Å². The summed E-state index contributed by atoms with van der Waals surface area (Å²) in [6.45, 7) is 0.369. The van der Waals surface area contributed by atoms with Crippen LogP contribution in [-0.4, -0.2) is 49.9 Å². The van der Waals surface area contributed by atoms with E-state index in [1.54, 1.807) is 37.4 Å². The molecular weight excluding hydrogens is 284 g/mol. The van der Waals surface area contributed by atoms with Crippen molar-refractivity contribution in [2.75, 3.05) is 27.2 Å². The number of methoxy groups -OCH3 is 1. The fourth-order valence-corrected chi connectivity index (χ4v) is 1.69. The molecule has 6 nitrogen and oxygen atoms in total.